The first-order valence-electron chi connectivity index (χ1n) is 5.43. The van der Waals surface area contributed by atoms with Crippen LogP contribution < -0.4 is 4.72 Å². The van der Waals surface area contributed by atoms with Crippen molar-refractivity contribution in [2.24, 2.45) is 13.0 Å². The summed E-state index contributed by atoms with van der Waals surface area (Å²) in [7, 11) is -1.89. The minimum atomic E-state index is -3.60. The normalized spacial score (nSPS) is 24.7. The Bertz CT molecular complexity index is 543. The number of aromatic nitrogens is 2. The molecule has 1 fully saturated rings. The van der Waals surface area contributed by atoms with Gasteiger partial charge in [-0.1, -0.05) is 6.42 Å². The van der Waals surface area contributed by atoms with Crippen LogP contribution in [-0.4, -0.2) is 24.0 Å². The van der Waals surface area contributed by atoms with E-state index in [1.807, 2.05) is 0 Å². The second kappa shape index (κ2) is 4.47. The van der Waals surface area contributed by atoms with Crippen LogP contribution in [0, 0.1) is 17.2 Å². The van der Waals surface area contributed by atoms with Crippen LogP contribution in [0.15, 0.2) is 17.6 Å². The maximum Gasteiger partial charge on any atom is 0.259 e. The lowest BCUT2D eigenvalue weighted by atomic mass is 10.1. The molecule has 1 N–H and O–H groups in total. The van der Waals surface area contributed by atoms with E-state index in [1.54, 1.807) is 11.6 Å². The molecule has 17 heavy (non-hydrogen) atoms. The summed E-state index contributed by atoms with van der Waals surface area (Å²) in [6.07, 6.45) is 5.23. The van der Waals surface area contributed by atoms with Gasteiger partial charge in [0.1, 0.15) is 0 Å². The Hall–Kier alpha value is -1.39. The van der Waals surface area contributed by atoms with Gasteiger partial charge in [0.25, 0.3) is 10.0 Å². The minimum absolute atomic E-state index is 0.00332. The molecule has 6 nitrogen and oxygen atoms in total. The van der Waals surface area contributed by atoms with Gasteiger partial charge in [-0.25, -0.2) is 18.1 Å². The SMILES string of the molecule is Cn1cnc(S(=O)(=O)NC2CCCC2C#N)c1. The van der Waals surface area contributed by atoms with Gasteiger partial charge in [0.05, 0.1) is 18.3 Å². The molecular weight excluding hydrogens is 240 g/mol. The van der Waals surface area contributed by atoms with Crippen LogP contribution in [0.25, 0.3) is 0 Å². The maximum atomic E-state index is 12.0. The lowest BCUT2D eigenvalue weighted by Gasteiger charge is -2.14. The second-order valence-corrected chi connectivity index (χ2v) is 5.93. The largest absolute Gasteiger partial charge is 0.339 e. The van der Waals surface area contributed by atoms with Crippen LogP contribution in [0.4, 0.5) is 0 Å². The summed E-state index contributed by atoms with van der Waals surface area (Å²) < 4.78 is 28.1. The fraction of sp³-hybridized carbons (Fsp3) is 0.600. The van der Waals surface area contributed by atoms with Crippen molar-refractivity contribution in [1.29, 1.82) is 5.26 Å². The van der Waals surface area contributed by atoms with Gasteiger partial charge in [0.15, 0.2) is 5.03 Å². The Morgan fingerprint density at radius 1 is 1.59 bits per heavy atom. The average Bonchev–Trinajstić information content (AvgIpc) is 2.86. The van der Waals surface area contributed by atoms with Crippen LogP contribution in [0.5, 0.6) is 0 Å². The van der Waals surface area contributed by atoms with Gasteiger partial charge in [-0.2, -0.15) is 5.26 Å². The van der Waals surface area contributed by atoms with Crippen LogP contribution in [0.2, 0.25) is 0 Å². The standard InChI is InChI=1S/C10H14N4O2S/c1-14-6-10(12-7-14)17(15,16)13-9-4-2-3-8(9)5-11/h6-9,13H,2-4H2,1H3. The van der Waals surface area contributed by atoms with E-state index in [0.717, 1.165) is 12.8 Å². The Kier molecular flexibility index (Phi) is 3.17. The molecular formula is C10H14N4O2S. The molecule has 0 aliphatic heterocycles. The maximum absolute atomic E-state index is 12.0. The minimum Gasteiger partial charge on any atom is -0.339 e. The molecule has 2 rings (SSSR count). The van der Waals surface area contributed by atoms with Crippen molar-refractivity contribution in [3.8, 4) is 6.07 Å². The first-order chi connectivity index (χ1) is 8.03. The highest BCUT2D eigenvalue weighted by molar-refractivity contribution is 7.89. The molecule has 0 spiro atoms. The first kappa shape index (κ1) is 12.1. The van der Waals surface area contributed by atoms with Gasteiger partial charge < -0.3 is 4.57 Å². The van der Waals surface area contributed by atoms with E-state index in [2.05, 4.69) is 15.8 Å². The Morgan fingerprint density at radius 2 is 2.35 bits per heavy atom. The molecule has 2 atom stereocenters. The van der Waals surface area contributed by atoms with Crippen LogP contribution in [-0.2, 0) is 17.1 Å². The highest BCUT2D eigenvalue weighted by atomic mass is 32.2. The molecule has 1 aliphatic carbocycles. The van der Waals surface area contributed by atoms with E-state index in [9.17, 15) is 8.42 Å². The number of nitrogens with one attached hydrogen (secondary N) is 1. The Labute approximate surface area is 100 Å². The second-order valence-electron chi connectivity index (χ2n) is 4.27. The van der Waals surface area contributed by atoms with Crippen molar-refractivity contribution in [3.63, 3.8) is 0 Å². The quantitative estimate of drug-likeness (QED) is 0.845. The molecule has 0 amide bonds. The topological polar surface area (TPSA) is 87.8 Å². The number of nitriles is 1. The highest BCUT2D eigenvalue weighted by Crippen LogP contribution is 2.26. The molecule has 1 aliphatic rings. The number of sulfonamides is 1. The van der Waals surface area contributed by atoms with Gasteiger partial charge in [0.2, 0.25) is 0 Å². The summed E-state index contributed by atoms with van der Waals surface area (Å²) in [5.74, 6) is -0.228. The average molecular weight is 254 g/mol. The van der Waals surface area contributed by atoms with Gasteiger partial charge in [-0.3, -0.25) is 0 Å². The van der Waals surface area contributed by atoms with Crippen LogP contribution >= 0.6 is 0 Å². The number of rotatable bonds is 3. The zero-order chi connectivity index (χ0) is 12.5. The van der Waals surface area contributed by atoms with Crippen LogP contribution in [0.3, 0.4) is 0 Å². The van der Waals surface area contributed by atoms with E-state index < -0.39 is 10.0 Å². The lowest BCUT2D eigenvalue weighted by Crippen LogP contribution is -2.37. The third-order valence-electron chi connectivity index (χ3n) is 2.94. The van der Waals surface area contributed by atoms with E-state index in [4.69, 9.17) is 5.26 Å². The number of hydrogen-bond donors (Lipinski definition) is 1. The smallest absolute Gasteiger partial charge is 0.259 e. The third-order valence-corrected chi connectivity index (χ3v) is 4.32. The Balaban J connectivity index is 2.16. The van der Waals surface area contributed by atoms with E-state index in [1.165, 1.54) is 12.5 Å². The highest BCUT2D eigenvalue weighted by Gasteiger charge is 2.31. The van der Waals surface area contributed by atoms with Gasteiger partial charge >= 0.3 is 0 Å². The predicted octanol–water partition coefficient (Wildman–Crippen LogP) is 0.391. The summed E-state index contributed by atoms with van der Waals surface area (Å²) in [6.45, 7) is 0. The monoisotopic (exact) mass is 254 g/mol. The fourth-order valence-corrected chi connectivity index (χ4v) is 3.34. The summed E-state index contributed by atoms with van der Waals surface area (Å²) >= 11 is 0. The fourth-order valence-electron chi connectivity index (χ4n) is 2.04. The summed E-state index contributed by atoms with van der Waals surface area (Å²) in [5, 5.41) is 8.91. The van der Waals surface area contributed by atoms with Crippen molar-refractivity contribution >= 4 is 10.0 Å². The number of hydrogen-bond acceptors (Lipinski definition) is 4. The zero-order valence-electron chi connectivity index (χ0n) is 9.50. The first-order valence-corrected chi connectivity index (χ1v) is 6.91. The molecule has 0 saturated heterocycles. The molecule has 1 saturated carbocycles. The molecule has 0 radical (unpaired) electrons. The summed E-state index contributed by atoms with van der Waals surface area (Å²) in [6, 6.07) is 1.86. The number of aryl methyl sites for hydroxylation is 1. The van der Waals surface area contributed by atoms with Crippen molar-refractivity contribution < 1.29 is 8.42 Å². The Morgan fingerprint density at radius 3 is 2.94 bits per heavy atom. The molecule has 0 bridgehead atoms. The number of nitrogens with zero attached hydrogens (tertiary/aromatic N) is 3. The van der Waals surface area contributed by atoms with Crippen molar-refractivity contribution in [1.82, 2.24) is 14.3 Å². The van der Waals surface area contributed by atoms with Gasteiger partial charge in [-0.15, -0.1) is 0 Å². The number of imidazole rings is 1. The lowest BCUT2D eigenvalue weighted by molar-refractivity contribution is 0.513. The molecule has 1 heterocycles. The molecule has 2 unspecified atom stereocenters. The van der Waals surface area contributed by atoms with Crippen molar-refractivity contribution in [2.75, 3.05) is 0 Å². The van der Waals surface area contributed by atoms with Crippen molar-refractivity contribution in [2.45, 2.75) is 30.3 Å². The molecule has 0 aromatic carbocycles. The third kappa shape index (κ3) is 2.48. The molecule has 1 aromatic heterocycles. The summed E-state index contributed by atoms with van der Waals surface area (Å²) in [5.41, 5.74) is 0. The van der Waals surface area contributed by atoms with E-state index in [0.29, 0.717) is 6.42 Å². The molecule has 92 valence electrons. The van der Waals surface area contributed by atoms with Gasteiger partial charge in [0, 0.05) is 19.3 Å². The molecule has 7 heteroatoms. The van der Waals surface area contributed by atoms with E-state index >= 15 is 0 Å². The molecule has 1 aromatic rings. The van der Waals surface area contributed by atoms with E-state index in [-0.39, 0.29) is 17.0 Å². The van der Waals surface area contributed by atoms with Gasteiger partial charge in [-0.05, 0) is 12.8 Å². The van der Waals surface area contributed by atoms with Crippen molar-refractivity contribution in [3.05, 3.63) is 12.5 Å². The summed E-state index contributed by atoms with van der Waals surface area (Å²) in [4.78, 5) is 3.81. The van der Waals surface area contributed by atoms with Crippen LogP contribution in [0.1, 0.15) is 19.3 Å². The predicted molar refractivity (Wildman–Crippen MR) is 60.3 cm³/mol. The zero-order valence-corrected chi connectivity index (χ0v) is 10.3.